The normalized spacial score (nSPS) is 10.3. The number of benzene rings is 1. The van der Waals surface area contributed by atoms with Gasteiger partial charge in [0.05, 0.1) is 5.01 Å². The highest BCUT2D eigenvalue weighted by molar-refractivity contribution is 7.11. The van der Waals surface area contributed by atoms with Gasteiger partial charge in [0.1, 0.15) is 6.29 Å². The number of rotatable bonds is 4. The van der Waals surface area contributed by atoms with E-state index >= 15 is 0 Å². The molecule has 0 atom stereocenters. The molecule has 0 amide bonds. The summed E-state index contributed by atoms with van der Waals surface area (Å²) in [5, 5.41) is 1.07. The SMILES string of the molecule is Cc1cccc(Cc2ncc(CC=O)s2)c1. The summed E-state index contributed by atoms with van der Waals surface area (Å²) < 4.78 is 0. The molecular weight excluding hydrogens is 218 g/mol. The summed E-state index contributed by atoms with van der Waals surface area (Å²) in [5.74, 6) is 0. The van der Waals surface area contributed by atoms with E-state index in [1.807, 2.05) is 0 Å². The maximum absolute atomic E-state index is 10.4. The summed E-state index contributed by atoms with van der Waals surface area (Å²) >= 11 is 1.62. The molecule has 0 N–H and O–H groups in total. The molecule has 0 unspecified atom stereocenters. The molecule has 16 heavy (non-hydrogen) atoms. The monoisotopic (exact) mass is 231 g/mol. The lowest BCUT2D eigenvalue weighted by atomic mass is 10.1. The van der Waals surface area contributed by atoms with Gasteiger partial charge in [0, 0.05) is 23.9 Å². The third-order valence-corrected chi connectivity index (χ3v) is 3.34. The van der Waals surface area contributed by atoms with E-state index in [9.17, 15) is 4.79 Å². The molecule has 0 aliphatic heterocycles. The molecule has 2 aromatic rings. The molecule has 0 radical (unpaired) electrons. The van der Waals surface area contributed by atoms with Crippen molar-refractivity contribution in [1.29, 1.82) is 0 Å². The summed E-state index contributed by atoms with van der Waals surface area (Å²) in [5.41, 5.74) is 2.54. The fourth-order valence-electron chi connectivity index (χ4n) is 1.60. The van der Waals surface area contributed by atoms with E-state index in [0.717, 1.165) is 22.6 Å². The Morgan fingerprint density at radius 1 is 1.44 bits per heavy atom. The standard InChI is InChI=1S/C13H13NOS/c1-10-3-2-4-11(7-10)8-13-14-9-12(16-13)5-6-15/h2-4,6-7,9H,5,8H2,1H3. The summed E-state index contributed by atoms with van der Waals surface area (Å²) in [7, 11) is 0. The minimum Gasteiger partial charge on any atom is -0.303 e. The summed E-state index contributed by atoms with van der Waals surface area (Å²) in [6.45, 7) is 2.09. The number of carbonyl (C=O) groups is 1. The molecule has 3 heteroatoms. The number of aryl methyl sites for hydroxylation is 1. The second-order valence-corrected chi connectivity index (χ2v) is 4.96. The van der Waals surface area contributed by atoms with Crippen LogP contribution in [0.5, 0.6) is 0 Å². The minimum absolute atomic E-state index is 0.478. The number of aldehydes is 1. The predicted octanol–water partition coefficient (Wildman–Crippen LogP) is 2.78. The van der Waals surface area contributed by atoms with Gasteiger partial charge in [-0.05, 0) is 12.5 Å². The van der Waals surface area contributed by atoms with Crippen molar-refractivity contribution >= 4 is 17.6 Å². The Bertz CT molecular complexity index is 490. The van der Waals surface area contributed by atoms with Crippen LogP contribution in [0.4, 0.5) is 0 Å². The highest BCUT2D eigenvalue weighted by Crippen LogP contribution is 2.17. The molecule has 1 aromatic heterocycles. The van der Waals surface area contributed by atoms with Crippen molar-refractivity contribution in [3.63, 3.8) is 0 Å². The van der Waals surface area contributed by atoms with E-state index in [1.165, 1.54) is 11.1 Å². The number of hydrogen-bond donors (Lipinski definition) is 0. The van der Waals surface area contributed by atoms with Crippen LogP contribution in [0.1, 0.15) is 21.0 Å². The summed E-state index contributed by atoms with van der Waals surface area (Å²) in [6.07, 6.45) is 4.05. The topological polar surface area (TPSA) is 30.0 Å². The van der Waals surface area contributed by atoms with Gasteiger partial charge in [0.15, 0.2) is 0 Å². The quantitative estimate of drug-likeness (QED) is 0.757. The molecule has 0 saturated heterocycles. The number of aromatic nitrogens is 1. The first-order chi connectivity index (χ1) is 7.78. The average Bonchev–Trinajstić information content (AvgIpc) is 2.66. The Labute approximate surface area is 99.0 Å². The van der Waals surface area contributed by atoms with Crippen molar-refractivity contribution in [1.82, 2.24) is 4.98 Å². The van der Waals surface area contributed by atoms with Crippen LogP contribution in [-0.4, -0.2) is 11.3 Å². The van der Waals surface area contributed by atoms with E-state index in [1.54, 1.807) is 17.5 Å². The van der Waals surface area contributed by atoms with E-state index < -0.39 is 0 Å². The number of nitrogens with zero attached hydrogens (tertiary/aromatic N) is 1. The highest BCUT2D eigenvalue weighted by Gasteiger charge is 2.03. The van der Waals surface area contributed by atoms with E-state index in [-0.39, 0.29) is 0 Å². The molecule has 0 aliphatic rings. The first-order valence-electron chi connectivity index (χ1n) is 5.20. The molecule has 0 bridgehead atoms. The number of hydrogen-bond acceptors (Lipinski definition) is 3. The van der Waals surface area contributed by atoms with Crippen LogP contribution in [0.2, 0.25) is 0 Å². The average molecular weight is 231 g/mol. The molecule has 0 aliphatic carbocycles. The Morgan fingerprint density at radius 3 is 3.06 bits per heavy atom. The van der Waals surface area contributed by atoms with Crippen molar-refractivity contribution < 1.29 is 4.79 Å². The van der Waals surface area contributed by atoms with Gasteiger partial charge >= 0.3 is 0 Å². The molecule has 1 aromatic carbocycles. The van der Waals surface area contributed by atoms with Crippen molar-refractivity contribution in [2.24, 2.45) is 0 Å². The zero-order chi connectivity index (χ0) is 11.4. The Hall–Kier alpha value is -1.48. The fraction of sp³-hybridized carbons (Fsp3) is 0.231. The van der Waals surface area contributed by atoms with Gasteiger partial charge in [-0.25, -0.2) is 4.98 Å². The van der Waals surface area contributed by atoms with Crippen LogP contribution in [0.3, 0.4) is 0 Å². The molecule has 2 nitrogen and oxygen atoms in total. The lowest BCUT2D eigenvalue weighted by Crippen LogP contribution is -1.86. The van der Waals surface area contributed by atoms with E-state index in [0.29, 0.717) is 6.42 Å². The molecule has 0 spiro atoms. The Balaban J connectivity index is 2.11. The molecule has 82 valence electrons. The van der Waals surface area contributed by atoms with Crippen molar-refractivity contribution in [3.05, 3.63) is 51.5 Å². The second kappa shape index (κ2) is 5.03. The number of carbonyl (C=O) groups excluding carboxylic acids is 1. The van der Waals surface area contributed by atoms with Crippen molar-refractivity contribution in [2.45, 2.75) is 19.8 Å². The van der Waals surface area contributed by atoms with Crippen LogP contribution in [0.25, 0.3) is 0 Å². The van der Waals surface area contributed by atoms with Crippen molar-refractivity contribution in [3.8, 4) is 0 Å². The second-order valence-electron chi connectivity index (χ2n) is 3.76. The lowest BCUT2D eigenvalue weighted by molar-refractivity contribution is -0.107. The largest absolute Gasteiger partial charge is 0.303 e. The highest BCUT2D eigenvalue weighted by atomic mass is 32.1. The molecule has 0 saturated carbocycles. The van der Waals surface area contributed by atoms with Crippen LogP contribution in [-0.2, 0) is 17.6 Å². The Morgan fingerprint density at radius 2 is 2.31 bits per heavy atom. The van der Waals surface area contributed by atoms with Crippen LogP contribution in [0, 0.1) is 6.92 Å². The van der Waals surface area contributed by atoms with Crippen molar-refractivity contribution in [2.75, 3.05) is 0 Å². The van der Waals surface area contributed by atoms with Crippen LogP contribution >= 0.6 is 11.3 Å². The zero-order valence-electron chi connectivity index (χ0n) is 9.14. The van der Waals surface area contributed by atoms with Crippen LogP contribution in [0.15, 0.2) is 30.5 Å². The van der Waals surface area contributed by atoms with Gasteiger partial charge in [0.25, 0.3) is 0 Å². The first-order valence-corrected chi connectivity index (χ1v) is 6.02. The maximum Gasteiger partial charge on any atom is 0.125 e. The molecule has 0 fully saturated rings. The number of thiazole rings is 1. The molecule has 2 rings (SSSR count). The zero-order valence-corrected chi connectivity index (χ0v) is 9.96. The van der Waals surface area contributed by atoms with E-state index in [4.69, 9.17) is 0 Å². The third kappa shape index (κ3) is 2.76. The lowest BCUT2D eigenvalue weighted by Gasteiger charge is -1.98. The smallest absolute Gasteiger partial charge is 0.125 e. The predicted molar refractivity (Wildman–Crippen MR) is 65.9 cm³/mol. The Kier molecular flexibility index (Phi) is 3.47. The van der Waals surface area contributed by atoms with E-state index in [2.05, 4.69) is 36.2 Å². The van der Waals surface area contributed by atoms with Gasteiger partial charge in [0.2, 0.25) is 0 Å². The van der Waals surface area contributed by atoms with Gasteiger partial charge in [-0.1, -0.05) is 29.8 Å². The summed E-state index contributed by atoms with van der Waals surface area (Å²) in [6, 6.07) is 8.42. The minimum atomic E-state index is 0.478. The third-order valence-electron chi connectivity index (χ3n) is 2.32. The van der Waals surface area contributed by atoms with Crippen LogP contribution < -0.4 is 0 Å². The van der Waals surface area contributed by atoms with Gasteiger partial charge in [-0.15, -0.1) is 11.3 Å². The first kappa shape index (κ1) is 11.0. The fourth-order valence-corrected chi connectivity index (χ4v) is 2.51. The molecular formula is C13H13NOS. The summed E-state index contributed by atoms with van der Waals surface area (Å²) in [4.78, 5) is 15.7. The van der Waals surface area contributed by atoms with Gasteiger partial charge in [-0.3, -0.25) is 0 Å². The van der Waals surface area contributed by atoms with Gasteiger partial charge < -0.3 is 4.79 Å². The molecule has 1 heterocycles. The maximum atomic E-state index is 10.4. The van der Waals surface area contributed by atoms with Gasteiger partial charge in [-0.2, -0.15) is 0 Å².